The maximum atomic E-state index is 13.8. The molecule has 2 heterocycles. The van der Waals surface area contributed by atoms with Gasteiger partial charge in [0.1, 0.15) is 11.6 Å². The lowest BCUT2D eigenvalue weighted by atomic mass is 10.1. The highest BCUT2D eigenvalue weighted by Gasteiger charge is 2.23. The number of carbonyl (C=O) groups excluding carboxylic acids is 2. The summed E-state index contributed by atoms with van der Waals surface area (Å²) in [6, 6.07) is 3.54. The molecule has 1 aromatic rings. The maximum Gasteiger partial charge on any atom is 0.240 e. The third-order valence-corrected chi connectivity index (χ3v) is 4.49. The predicted octanol–water partition coefficient (Wildman–Crippen LogP) is 1.66. The van der Waals surface area contributed by atoms with Crippen LogP contribution in [0.5, 0.6) is 0 Å². The molecule has 2 aliphatic heterocycles. The zero-order chi connectivity index (χ0) is 17.8. The number of nitrogens with zero attached hydrogens (tertiary/aromatic N) is 3. The molecular formula is C17H20F2N4O2. The van der Waals surface area contributed by atoms with E-state index in [0.29, 0.717) is 57.5 Å². The molecular weight excluding hydrogens is 330 g/mol. The molecule has 0 aliphatic carbocycles. The van der Waals surface area contributed by atoms with Crippen LogP contribution in [0.25, 0.3) is 0 Å². The monoisotopic (exact) mass is 350 g/mol. The van der Waals surface area contributed by atoms with Gasteiger partial charge in [-0.25, -0.2) is 14.2 Å². The number of hydrogen-bond acceptors (Lipinski definition) is 4. The number of hydrazone groups is 1. The Hall–Kier alpha value is -2.51. The molecule has 0 spiro atoms. The summed E-state index contributed by atoms with van der Waals surface area (Å²) in [5.41, 5.74) is 3.62. The van der Waals surface area contributed by atoms with E-state index in [0.717, 1.165) is 11.8 Å². The van der Waals surface area contributed by atoms with Gasteiger partial charge in [-0.1, -0.05) is 0 Å². The SMILES string of the molecule is O=C1CCC(CCC(=O)N2CCN(c3ccc(F)cc3F)CC2)=NN1. The van der Waals surface area contributed by atoms with Gasteiger partial charge in [0.05, 0.1) is 5.69 Å². The van der Waals surface area contributed by atoms with Crippen molar-refractivity contribution >= 4 is 23.2 Å². The van der Waals surface area contributed by atoms with E-state index in [4.69, 9.17) is 0 Å². The summed E-state index contributed by atoms with van der Waals surface area (Å²) in [6.45, 7) is 2.01. The van der Waals surface area contributed by atoms with Crippen LogP contribution in [0.2, 0.25) is 0 Å². The van der Waals surface area contributed by atoms with E-state index in [1.54, 1.807) is 4.90 Å². The minimum absolute atomic E-state index is 0.0267. The van der Waals surface area contributed by atoms with Crippen LogP contribution in [-0.4, -0.2) is 48.6 Å². The molecule has 25 heavy (non-hydrogen) atoms. The molecule has 6 nitrogen and oxygen atoms in total. The molecule has 3 rings (SSSR count). The lowest BCUT2D eigenvalue weighted by molar-refractivity contribution is -0.131. The molecule has 1 saturated heterocycles. The molecule has 134 valence electrons. The zero-order valence-corrected chi connectivity index (χ0v) is 13.8. The number of anilines is 1. The highest BCUT2D eigenvalue weighted by molar-refractivity contribution is 5.94. The number of nitrogens with one attached hydrogen (secondary N) is 1. The fourth-order valence-corrected chi connectivity index (χ4v) is 3.04. The Morgan fingerprint density at radius 1 is 1.16 bits per heavy atom. The topological polar surface area (TPSA) is 65.0 Å². The van der Waals surface area contributed by atoms with E-state index < -0.39 is 11.6 Å². The van der Waals surface area contributed by atoms with E-state index in [1.807, 2.05) is 4.90 Å². The van der Waals surface area contributed by atoms with Crippen LogP contribution >= 0.6 is 0 Å². The lowest BCUT2D eigenvalue weighted by Gasteiger charge is -2.36. The van der Waals surface area contributed by atoms with Crippen molar-refractivity contribution in [2.75, 3.05) is 31.1 Å². The van der Waals surface area contributed by atoms with Crippen molar-refractivity contribution in [3.05, 3.63) is 29.8 Å². The number of amides is 2. The first kappa shape index (κ1) is 17.3. The third kappa shape index (κ3) is 4.32. The molecule has 1 aromatic carbocycles. The smallest absolute Gasteiger partial charge is 0.240 e. The number of benzene rings is 1. The second-order valence-corrected chi connectivity index (χ2v) is 6.18. The van der Waals surface area contributed by atoms with Gasteiger partial charge in [0.25, 0.3) is 0 Å². The van der Waals surface area contributed by atoms with Gasteiger partial charge in [0.15, 0.2) is 0 Å². The molecule has 0 unspecified atom stereocenters. The Balaban J connectivity index is 1.48. The first-order valence-corrected chi connectivity index (χ1v) is 8.35. The summed E-state index contributed by atoms with van der Waals surface area (Å²) in [5.74, 6) is -1.26. The normalized spacial score (nSPS) is 18.0. The van der Waals surface area contributed by atoms with Crippen LogP contribution in [0.4, 0.5) is 14.5 Å². The fourth-order valence-electron chi connectivity index (χ4n) is 3.04. The summed E-state index contributed by atoms with van der Waals surface area (Å²) >= 11 is 0. The number of rotatable bonds is 4. The van der Waals surface area contributed by atoms with Crippen molar-refractivity contribution in [2.24, 2.45) is 5.10 Å². The minimum atomic E-state index is -0.600. The Labute approximate surface area is 144 Å². The number of piperazine rings is 1. The largest absolute Gasteiger partial charge is 0.366 e. The maximum absolute atomic E-state index is 13.8. The molecule has 1 fully saturated rings. The van der Waals surface area contributed by atoms with Crippen LogP contribution in [0.15, 0.2) is 23.3 Å². The molecule has 0 saturated carbocycles. The fraction of sp³-hybridized carbons (Fsp3) is 0.471. The van der Waals surface area contributed by atoms with E-state index in [-0.39, 0.29) is 11.8 Å². The Kier molecular flexibility index (Phi) is 5.25. The number of hydrogen-bond donors (Lipinski definition) is 1. The standard InChI is InChI=1S/C17H20F2N4O2/c18-12-1-4-15(14(19)11-12)22-7-9-23(10-8-22)17(25)6-3-13-2-5-16(24)21-20-13/h1,4,11H,2-3,5-10H2,(H,21,24). The van der Waals surface area contributed by atoms with Gasteiger partial charge in [-0.3, -0.25) is 9.59 Å². The highest BCUT2D eigenvalue weighted by Crippen LogP contribution is 2.21. The molecule has 1 N–H and O–H groups in total. The van der Waals surface area contributed by atoms with E-state index in [2.05, 4.69) is 10.5 Å². The van der Waals surface area contributed by atoms with Gasteiger partial charge in [-0.2, -0.15) is 5.10 Å². The quantitative estimate of drug-likeness (QED) is 0.898. The summed E-state index contributed by atoms with van der Waals surface area (Å²) in [6.07, 6.45) is 1.89. The van der Waals surface area contributed by atoms with Gasteiger partial charge < -0.3 is 9.80 Å². The average molecular weight is 350 g/mol. The Bertz CT molecular complexity index is 700. The number of halogens is 2. The first-order chi connectivity index (χ1) is 12.0. The molecule has 0 radical (unpaired) electrons. The van der Waals surface area contributed by atoms with E-state index in [1.165, 1.54) is 12.1 Å². The molecule has 0 aromatic heterocycles. The zero-order valence-electron chi connectivity index (χ0n) is 13.8. The van der Waals surface area contributed by atoms with Crippen LogP contribution < -0.4 is 10.3 Å². The Morgan fingerprint density at radius 2 is 1.92 bits per heavy atom. The summed E-state index contributed by atoms with van der Waals surface area (Å²) in [4.78, 5) is 26.9. The van der Waals surface area contributed by atoms with Crippen molar-refractivity contribution in [3.63, 3.8) is 0 Å². The molecule has 2 amide bonds. The third-order valence-electron chi connectivity index (χ3n) is 4.49. The minimum Gasteiger partial charge on any atom is -0.366 e. The lowest BCUT2D eigenvalue weighted by Crippen LogP contribution is -2.49. The van der Waals surface area contributed by atoms with Crippen molar-refractivity contribution in [1.29, 1.82) is 0 Å². The van der Waals surface area contributed by atoms with Gasteiger partial charge in [0, 0.05) is 50.8 Å². The van der Waals surface area contributed by atoms with Crippen molar-refractivity contribution < 1.29 is 18.4 Å². The summed E-state index contributed by atoms with van der Waals surface area (Å²) < 4.78 is 26.8. The average Bonchev–Trinajstić information content (AvgIpc) is 2.61. The van der Waals surface area contributed by atoms with Gasteiger partial charge >= 0.3 is 0 Å². The van der Waals surface area contributed by atoms with Gasteiger partial charge in [0.2, 0.25) is 11.8 Å². The molecule has 8 heteroatoms. The van der Waals surface area contributed by atoms with Crippen molar-refractivity contribution in [3.8, 4) is 0 Å². The van der Waals surface area contributed by atoms with E-state index in [9.17, 15) is 18.4 Å². The molecule has 2 aliphatic rings. The van der Waals surface area contributed by atoms with Crippen LogP contribution in [0.3, 0.4) is 0 Å². The van der Waals surface area contributed by atoms with Crippen molar-refractivity contribution in [1.82, 2.24) is 10.3 Å². The number of carbonyl (C=O) groups is 2. The van der Waals surface area contributed by atoms with Crippen LogP contribution in [0.1, 0.15) is 25.7 Å². The molecule has 0 bridgehead atoms. The highest BCUT2D eigenvalue weighted by atomic mass is 19.1. The summed E-state index contributed by atoms with van der Waals surface area (Å²) in [7, 11) is 0. The van der Waals surface area contributed by atoms with E-state index >= 15 is 0 Å². The molecule has 0 atom stereocenters. The Morgan fingerprint density at radius 3 is 2.56 bits per heavy atom. The summed E-state index contributed by atoms with van der Waals surface area (Å²) in [5, 5.41) is 3.96. The van der Waals surface area contributed by atoms with Gasteiger partial charge in [-0.15, -0.1) is 0 Å². The van der Waals surface area contributed by atoms with Crippen LogP contribution in [0, 0.1) is 11.6 Å². The first-order valence-electron chi connectivity index (χ1n) is 8.35. The van der Waals surface area contributed by atoms with Gasteiger partial charge in [-0.05, 0) is 25.0 Å². The van der Waals surface area contributed by atoms with Crippen molar-refractivity contribution in [2.45, 2.75) is 25.7 Å². The second kappa shape index (κ2) is 7.58. The predicted molar refractivity (Wildman–Crippen MR) is 89.2 cm³/mol. The second-order valence-electron chi connectivity index (χ2n) is 6.18. The van der Waals surface area contributed by atoms with Crippen LogP contribution in [-0.2, 0) is 9.59 Å².